The SMILES string of the molecule is OC[C@H]1O[C@@H](O)[C@H](OOc2cccc3ncn(Cc4ccc(-c5ccccc5)cc4)c23)[C@@H](O)[C@@H]1O. The van der Waals surface area contributed by atoms with Crippen molar-refractivity contribution < 1.29 is 34.9 Å². The molecule has 1 aromatic heterocycles. The van der Waals surface area contributed by atoms with Crippen molar-refractivity contribution in [2.45, 2.75) is 37.3 Å². The molecule has 182 valence electrons. The fourth-order valence-corrected chi connectivity index (χ4v) is 4.19. The number of benzene rings is 3. The molecule has 4 aromatic rings. The number of aliphatic hydroxyl groups excluding tert-OH is 4. The zero-order chi connectivity index (χ0) is 24.4. The molecule has 1 fully saturated rings. The number of fused-ring (bicyclic) bond motifs is 1. The number of nitrogens with zero attached hydrogens (tertiary/aromatic N) is 2. The van der Waals surface area contributed by atoms with Gasteiger partial charge in [0, 0.05) is 6.54 Å². The molecule has 0 amide bonds. The lowest BCUT2D eigenvalue weighted by molar-refractivity contribution is -0.364. The van der Waals surface area contributed by atoms with Gasteiger partial charge in [-0.1, -0.05) is 60.7 Å². The number of para-hydroxylation sites is 1. The average Bonchev–Trinajstić information content (AvgIpc) is 3.30. The first kappa shape index (κ1) is 23.4. The van der Waals surface area contributed by atoms with Crippen LogP contribution in [0.3, 0.4) is 0 Å². The third-order valence-electron chi connectivity index (χ3n) is 6.11. The van der Waals surface area contributed by atoms with Gasteiger partial charge in [0.05, 0.1) is 18.5 Å². The molecule has 0 saturated carbocycles. The lowest BCUT2D eigenvalue weighted by Gasteiger charge is -2.38. The van der Waals surface area contributed by atoms with Crippen LogP contribution in [-0.4, -0.2) is 67.3 Å². The van der Waals surface area contributed by atoms with Gasteiger partial charge in [0.1, 0.15) is 23.8 Å². The second-order valence-corrected chi connectivity index (χ2v) is 8.43. The molecule has 0 aliphatic carbocycles. The summed E-state index contributed by atoms with van der Waals surface area (Å²) in [4.78, 5) is 15.2. The topological polar surface area (TPSA) is 126 Å². The van der Waals surface area contributed by atoms with Crippen molar-refractivity contribution in [1.82, 2.24) is 9.55 Å². The van der Waals surface area contributed by atoms with Gasteiger partial charge >= 0.3 is 0 Å². The largest absolute Gasteiger partial charge is 0.394 e. The Hall–Kier alpha value is -3.31. The van der Waals surface area contributed by atoms with Crippen LogP contribution in [0, 0.1) is 0 Å². The summed E-state index contributed by atoms with van der Waals surface area (Å²) in [5, 5.41) is 39.7. The summed E-state index contributed by atoms with van der Waals surface area (Å²) in [6.07, 6.45) is -5.38. The van der Waals surface area contributed by atoms with Crippen LogP contribution in [0.5, 0.6) is 5.75 Å². The molecule has 0 spiro atoms. The van der Waals surface area contributed by atoms with E-state index in [1.54, 1.807) is 18.5 Å². The van der Waals surface area contributed by atoms with E-state index in [4.69, 9.17) is 14.5 Å². The highest BCUT2D eigenvalue weighted by Crippen LogP contribution is 2.29. The first-order chi connectivity index (χ1) is 17.0. The van der Waals surface area contributed by atoms with E-state index in [0.29, 0.717) is 23.3 Å². The number of ether oxygens (including phenoxy) is 1. The van der Waals surface area contributed by atoms with E-state index >= 15 is 0 Å². The molecule has 2 heterocycles. The minimum absolute atomic E-state index is 0.319. The maximum Gasteiger partial charge on any atom is 0.191 e. The Bertz CT molecular complexity index is 1260. The summed E-state index contributed by atoms with van der Waals surface area (Å²) in [5.41, 5.74) is 4.66. The molecule has 1 aliphatic rings. The number of aromatic nitrogens is 2. The number of aliphatic hydroxyl groups is 4. The van der Waals surface area contributed by atoms with E-state index in [0.717, 1.165) is 16.7 Å². The number of imidazole rings is 1. The molecule has 9 heteroatoms. The Balaban J connectivity index is 1.34. The van der Waals surface area contributed by atoms with E-state index in [1.807, 2.05) is 28.8 Å². The van der Waals surface area contributed by atoms with Gasteiger partial charge in [-0.2, -0.15) is 4.89 Å². The first-order valence-electron chi connectivity index (χ1n) is 11.3. The number of hydrogen-bond acceptors (Lipinski definition) is 8. The van der Waals surface area contributed by atoms with E-state index in [2.05, 4.69) is 41.4 Å². The Kier molecular flexibility index (Phi) is 6.78. The van der Waals surface area contributed by atoms with Crippen LogP contribution in [0.25, 0.3) is 22.2 Å². The van der Waals surface area contributed by atoms with Crippen LogP contribution in [0.4, 0.5) is 0 Å². The van der Waals surface area contributed by atoms with Gasteiger partial charge in [-0.3, -0.25) is 0 Å². The summed E-state index contributed by atoms with van der Waals surface area (Å²) in [5.74, 6) is 0.319. The lowest BCUT2D eigenvalue weighted by Crippen LogP contribution is -2.59. The first-order valence-corrected chi connectivity index (χ1v) is 11.3. The molecule has 3 aromatic carbocycles. The fraction of sp³-hybridized carbons (Fsp3) is 0.269. The molecule has 5 atom stereocenters. The van der Waals surface area contributed by atoms with E-state index in [9.17, 15) is 20.4 Å². The van der Waals surface area contributed by atoms with Gasteiger partial charge in [-0.25, -0.2) is 4.98 Å². The van der Waals surface area contributed by atoms with E-state index in [1.165, 1.54) is 0 Å². The van der Waals surface area contributed by atoms with Crippen molar-refractivity contribution in [2.75, 3.05) is 6.61 Å². The zero-order valence-corrected chi connectivity index (χ0v) is 18.7. The molecule has 35 heavy (non-hydrogen) atoms. The summed E-state index contributed by atoms with van der Waals surface area (Å²) in [6.45, 7) is -0.0334. The van der Waals surface area contributed by atoms with Crippen LogP contribution in [0.2, 0.25) is 0 Å². The van der Waals surface area contributed by atoms with Crippen LogP contribution in [0.15, 0.2) is 79.1 Å². The molecule has 9 nitrogen and oxygen atoms in total. The second kappa shape index (κ2) is 10.1. The smallest absolute Gasteiger partial charge is 0.191 e. The van der Waals surface area contributed by atoms with Crippen molar-refractivity contribution in [3.63, 3.8) is 0 Å². The number of hydrogen-bond donors (Lipinski definition) is 4. The van der Waals surface area contributed by atoms with Crippen molar-refractivity contribution in [1.29, 1.82) is 0 Å². The second-order valence-electron chi connectivity index (χ2n) is 8.43. The quantitative estimate of drug-likeness (QED) is 0.234. The van der Waals surface area contributed by atoms with Crippen LogP contribution in [0.1, 0.15) is 5.56 Å². The Morgan fingerprint density at radius 2 is 1.60 bits per heavy atom. The predicted molar refractivity (Wildman–Crippen MR) is 126 cm³/mol. The van der Waals surface area contributed by atoms with Crippen LogP contribution >= 0.6 is 0 Å². The Morgan fingerprint density at radius 3 is 2.34 bits per heavy atom. The van der Waals surface area contributed by atoms with Crippen molar-refractivity contribution in [2.24, 2.45) is 0 Å². The van der Waals surface area contributed by atoms with Gasteiger partial charge in [0.25, 0.3) is 0 Å². The minimum atomic E-state index is -1.60. The Morgan fingerprint density at radius 1 is 0.857 bits per heavy atom. The highest BCUT2D eigenvalue weighted by atomic mass is 17.2. The summed E-state index contributed by atoms with van der Waals surface area (Å²) < 4.78 is 7.02. The van der Waals surface area contributed by atoms with Gasteiger partial charge in [0.15, 0.2) is 18.1 Å². The van der Waals surface area contributed by atoms with E-state index in [-0.39, 0.29) is 0 Å². The minimum Gasteiger partial charge on any atom is -0.394 e. The third-order valence-corrected chi connectivity index (χ3v) is 6.11. The summed E-state index contributed by atoms with van der Waals surface area (Å²) in [7, 11) is 0. The molecular formula is C26H26N2O7. The standard InChI is InChI=1S/C26H26N2O7/c29-14-21-23(30)24(31)25(26(32)33-21)35-34-20-8-4-7-19-22(20)28(15-27-19)13-16-9-11-18(12-10-16)17-5-2-1-3-6-17/h1-12,15,21,23-26,29-32H,13-14H2/t21-,23-,24+,25-,26-/m1/s1. The average molecular weight is 479 g/mol. The van der Waals surface area contributed by atoms with Crippen molar-refractivity contribution >= 4 is 11.0 Å². The lowest BCUT2D eigenvalue weighted by atomic mass is 9.99. The van der Waals surface area contributed by atoms with E-state index < -0.39 is 37.3 Å². The van der Waals surface area contributed by atoms with Crippen LogP contribution < -0.4 is 4.89 Å². The van der Waals surface area contributed by atoms with Gasteiger partial charge in [-0.05, 0) is 28.8 Å². The maximum absolute atomic E-state index is 10.3. The fourth-order valence-electron chi connectivity index (χ4n) is 4.19. The molecule has 1 saturated heterocycles. The highest BCUT2D eigenvalue weighted by Gasteiger charge is 2.45. The molecule has 5 rings (SSSR count). The van der Waals surface area contributed by atoms with Gasteiger partial charge in [-0.15, -0.1) is 0 Å². The summed E-state index contributed by atoms with van der Waals surface area (Å²) in [6, 6.07) is 23.6. The van der Waals surface area contributed by atoms with Gasteiger partial charge in [0.2, 0.25) is 0 Å². The molecule has 4 N–H and O–H groups in total. The Labute approximate surface area is 201 Å². The zero-order valence-electron chi connectivity index (χ0n) is 18.7. The normalized spacial score (nSPS) is 24.5. The molecule has 1 aliphatic heterocycles. The molecule has 0 unspecified atom stereocenters. The summed E-state index contributed by atoms with van der Waals surface area (Å²) >= 11 is 0. The molecular weight excluding hydrogens is 452 g/mol. The highest BCUT2D eigenvalue weighted by molar-refractivity contribution is 5.82. The molecule has 0 radical (unpaired) electrons. The van der Waals surface area contributed by atoms with Gasteiger partial charge < -0.3 is 34.6 Å². The third kappa shape index (κ3) is 4.78. The predicted octanol–water partition coefficient (Wildman–Crippen LogP) is 1.86. The monoisotopic (exact) mass is 478 g/mol. The van der Waals surface area contributed by atoms with Crippen molar-refractivity contribution in [3.05, 3.63) is 84.7 Å². The maximum atomic E-state index is 10.3. The van der Waals surface area contributed by atoms with Crippen molar-refractivity contribution in [3.8, 4) is 16.9 Å². The molecule has 0 bridgehead atoms. The van der Waals surface area contributed by atoms with Crippen LogP contribution in [-0.2, 0) is 16.2 Å². The number of rotatable bonds is 7.